The van der Waals surface area contributed by atoms with E-state index in [0.717, 1.165) is 58.2 Å². The molecule has 0 saturated carbocycles. The van der Waals surface area contributed by atoms with Gasteiger partial charge in [-0.25, -0.2) is 0 Å². The fourth-order valence-electron chi connectivity index (χ4n) is 2.40. The van der Waals surface area contributed by atoms with Crippen molar-refractivity contribution in [3.05, 3.63) is 0 Å². The second-order valence-corrected chi connectivity index (χ2v) is 11.3. The second kappa shape index (κ2) is 16.1. The topological polar surface area (TPSA) is 52.4 Å². The van der Waals surface area contributed by atoms with Crippen LogP contribution >= 0.6 is 0 Å². The Morgan fingerprint density at radius 3 is 2.04 bits per heavy atom. The second-order valence-electron chi connectivity index (χ2n) is 5.76. The third-order valence-electron chi connectivity index (χ3n) is 3.49. The van der Waals surface area contributed by atoms with Gasteiger partial charge in [-0.15, -0.1) is 0 Å². The highest BCUT2D eigenvalue weighted by molar-refractivity contribution is 6.66. The van der Waals surface area contributed by atoms with Crippen LogP contribution in [0, 0.1) is 0 Å². The molecule has 0 atom stereocenters. The van der Waals surface area contributed by atoms with E-state index in [1.165, 1.54) is 6.04 Å². The van der Waals surface area contributed by atoms with Crippen molar-refractivity contribution in [3.8, 4) is 0 Å². The van der Waals surface area contributed by atoms with Gasteiger partial charge in [0, 0.05) is 51.8 Å². The van der Waals surface area contributed by atoms with Gasteiger partial charge in [-0.1, -0.05) is 0 Å². The summed E-state index contributed by atoms with van der Waals surface area (Å²) in [6.45, 7) is 14.5. The standard InChI is InChI=1S/C17H37N2O3Si2/c1-6-20-23(4)16-10-14-18-12-9-13-19-15-11-17-24(5,21-7-2)22-8-3/h12-13H,6-11,14-17H2,1-5H3. The van der Waals surface area contributed by atoms with Crippen LogP contribution in [-0.2, 0) is 13.3 Å². The first kappa shape index (κ1) is 23.7. The Hall–Kier alpha value is -0.346. The average Bonchev–Trinajstić information content (AvgIpc) is 2.53. The van der Waals surface area contributed by atoms with Crippen molar-refractivity contribution >= 4 is 30.0 Å². The van der Waals surface area contributed by atoms with Crippen LogP contribution in [0.5, 0.6) is 0 Å². The molecule has 0 saturated heterocycles. The SMILES string of the molecule is CCO[Si](C)CCCN=CCC=NCCC[Si](C)(OCC)OCC. The molecular weight excluding hydrogens is 336 g/mol. The molecule has 0 fully saturated rings. The van der Waals surface area contributed by atoms with Crippen LogP contribution in [0.15, 0.2) is 9.98 Å². The lowest BCUT2D eigenvalue weighted by Gasteiger charge is -2.25. The van der Waals surface area contributed by atoms with Crippen molar-refractivity contribution in [3.63, 3.8) is 0 Å². The molecule has 0 bridgehead atoms. The molecule has 0 heterocycles. The van der Waals surface area contributed by atoms with Gasteiger partial charge in [0.1, 0.15) is 0 Å². The van der Waals surface area contributed by atoms with Gasteiger partial charge in [0.05, 0.1) is 0 Å². The first-order valence-corrected chi connectivity index (χ1v) is 13.9. The largest absolute Gasteiger partial charge is 0.417 e. The van der Waals surface area contributed by atoms with Gasteiger partial charge in [0.25, 0.3) is 0 Å². The summed E-state index contributed by atoms with van der Waals surface area (Å²) in [7, 11) is -2.55. The van der Waals surface area contributed by atoms with E-state index in [4.69, 9.17) is 13.3 Å². The van der Waals surface area contributed by atoms with Crippen LogP contribution in [0.1, 0.15) is 40.0 Å². The monoisotopic (exact) mass is 373 g/mol. The normalized spacial score (nSPS) is 12.9. The molecule has 24 heavy (non-hydrogen) atoms. The van der Waals surface area contributed by atoms with E-state index < -0.39 is 17.6 Å². The molecule has 0 spiro atoms. The Balaban J connectivity index is 3.66. The first-order chi connectivity index (χ1) is 11.6. The lowest BCUT2D eigenvalue weighted by molar-refractivity contribution is 0.188. The number of hydrogen-bond acceptors (Lipinski definition) is 5. The maximum absolute atomic E-state index is 5.82. The first-order valence-electron chi connectivity index (χ1n) is 9.27. The number of rotatable bonds is 16. The molecule has 1 radical (unpaired) electrons. The smallest absolute Gasteiger partial charge is 0.334 e. The molecule has 0 aliphatic heterocycles. The Bertz CT molecular complexity index is 336. The van der Waals surface area contributed by atoms with Gasteiger partial charge in [0.15, 0.2) is 0 Å². The lowest BCUT2D eigenvalue weighted by atomic mass is 10.4. The van der Waals surface area contributed by atoms with Gasteiger partial charge >= 0.3 is 8.56 Å². The third kappa shape index (κ3) is 14.0. The number of aliphatic imine (C=N–C) groups is 2. The zero-order valence-electron chi connectivity index (χ0n) is 16.3. The predicted molar refractivity (Wildman–Crippen MR) is 108 cm³/mol. The molecule has 5 nitrogen and oxygen atoms in total. The quantitative estimate of drug-likeness (QED) is 0.232. The van der Waals surface area contributed by atoms with E-state index in [-0.39, 0.29) is 0 Å². The predicted octanol–water partition coefficient (Wildman–Crippen LogP) is 4.10. The van der Waals surface area contributed by atoms with Gasteiger partial charge < -0.3 is 13.3 Å². The van der Waals surface area contributed by atoms with Crippen molar-refractivity contribution in [2.45, 2.75) is 65.2 Å². The van der Waals surface area contributed by atoms with Gasteiger partial charge in [-0.3, -0.25) is 9.98 Å². The summed E-state index contributed by atoms with van der Waals surface area (Å²) in [5, 5.41) is 0. The van der Waals surface area contributed by atoms with Crippen molar-refractivity contribution in [2.24, 2.45) is 9.98 Å². The molecule has 0 rings (SSSR count). The van der Waals surface area contributed by atoms with E-state index in [2.05, 4.69) is 30.0 Å². The van der Waals surface area contributed by atoms with Crippen LogP contribution in [0.25, 0.3) is 0 Å². The summed E-state index contributed by atoms with van der Waals surface area (Å²) in [5.74, 6) is 0. The Kier molecular flexibility index (Phi) is 15.9. The van der Waals surface area contributed by atoms with E-state index in [9.17, 15) is 0 Å². The molecular formula is C17H37N2O3Si2. The number of hydrogen-bond donors (Lipinski definition) is 0. The van der Waals surface area contributed by atoms with Crippen LogP contribution < -0.4 is 0 Å². The molecule has 0 aromatic carbocycles. The minimum atomic E-state index is -1.96. The molecule has 0 amide bonds. The average molecular weight is 374 g/mol. The summed E-state index contributed by atoms with van der Waals surface area (Å²) in [6, 6.07) is 2.17. The highest BCUT2D eigenvalue weighted by atomic mass is 28.4. The highest BCUT2D eigenvalue weighted by Gasteiger charge is 2.29. The van der Waals surface area contributed by atoms with E-state index in [1.807, 2.05) is 26.3 Å². The molecule has 141 valence electrons. The van der Waals surface area contributed by atoms with E-state index in [1.54, 1.807) is 0 Å². The van der Waals surface area contributed by atoms with Crippen LogP contribution in [-0.4, -0.2) is 62.9 Å². The zero-order valence-corrected chi connectivity index (χ0v) is 18.3. The van der Waals surface area contributed by atoms with Gasteiger partial charge in [0.2, 0.25) is 9.04 Å². The Labute approximate surface area is 151 Å². The molecule has 7 heteroatoms. The molecule has 0 aliphatic rings. The van der Waals surface area contributed by atoms with Crippen LogP contribution in [0.4, 0.5) is 0 Å². The third-order valence-corrected chi connectivity index (χ3v) is 8.39. The molecule has 0 aromatic rings. The van der Waals surface area contributed by atoms with Crippen LogP contribution in [0.2, 0.25) is 25.2 Å². The summed E-state index contributed by atoms with van der Waals surface area (Å²) < 4.78 is 17.2. The lowest BCUT2D eigenvalue weighted by Crippen LogP contribution is -2.38. The summed E-state index contributed by atoms with van der Waals surface area (Å²) in [4.78, 5) is 8.87. The van der Waals surface area contributed by atoms with E-state index >= 15 is 0 Å². The van der Waals surface area contributed by atoms with Crippen LogP contribution in [0.3, 0.4) is 0 Å². The van der Waals surface area contributed by atoms with Crippen molar-refractivity contribution < 1.29 is 13.3 Å². The summed E-state index contributed by atoms with van der Waals surface area (Å²) in [5.41, 5.74) is 0. The van der Waals surface area contributed by atoms with Gasteiger partial charge in [-0.2, -0.15) is 0 Å². The zero-order chi connectivity index (χ0) is 18.1. The highest BCUT2D eigenvalue weighted by Crippen LogP contribution is 2.15. The molecule has 0 aliphatic carbocycles. The van der Waals surface area contributed by atoms with Crippen molar-refractivity contribution in [1.29, 1.82) is 0 Å². The molecule has 0 N–H and O–H groups in total. The van der Waals surface area contributed by atoms with Crippen molar-refractivity contribution in [1.82, 2.24) is 0 Å². The summed E-state index contributed by atoms with van der Waals surface area (Å²) in [6.07, 6.45) is 6.89. The molecule has 0 aromatic heterocycles. The van der Waals surface area contributed by atoms with Gasteiger partial charge in [-0.05, 0) is 58.8 Å². The maximum atomic E-state index is 5.82. The summed E-state index contributed by atoms with van der Waals surface area (Å²) >= 11 is 0. The maximum Gasteiger partial charge on any atom is 0.334 e. The Morgan fingerprint density at radius 2 is 1.50 bits per heavy atom. The number of nitrogens with zero attached hydrogens (tertiary/aromatic N) is 2. The fraction of sp³-hybridized carbons (Fsp3) is 0.882. The molecule has 0 unspecified atom stereocenters. The van der Waals surface area contributed by atoms with E-state index in [0.29, 0.717) is 0 Å². The van der Waals surface area contributed by atoms with Crippen molar-refractivity contribution in [2.75, 3.05) is 32.9 Å². The minimum absolute atomic E-state index is 0.585. The fourth-order valence-corrected chi connectivity index (χ4v) is 6.09. The minimum Gasteiger partial charge on any atom is -0.417 e. The Morgan fingerprint density at radius 1 is 0.917 bits per heavy atom.